The number of Topliss-reactive ketones (excluding diaryl/α,β-unsaturated/α-hetero) is 1. The van der Waals surface area contributed by atoms with Gasteiger partial charge in [0.05, 0.1) is 0 Å². The first-order chi connectivity index (χ1) is 14.8. The van der Waals surface area contributed by atoms with Crippen LogP contribution in [0.5, 0.6) is 5.75 Å². The van der Waals surface area contributed by atoms with Crippen LogP contribution in [0.2, 0.25) is 0 Å². The fraction of sp³-hybridized carbons (Fsp3) is 0.333. The number of ketones is 1. The van der Waals surface area contributed by atoms with Crippen LogP contribution in [0.3, 0.4) is 0 Å². The molecule has 3 amide bonds. The van der Waals surface area contributed by atoms with Gasteiger partial charge in [-0.25, -0.2) is 0 Å². The molecule has 0 aromatic heterocycles. The Morgan fingerprint density at radius 2 is 1.90 bits per heavy atom. The van der Waals surface area contributed by atoms with E-state index in [1.165, 1.54) is 4.90 Å². The van der Waals surface area contributed by atoms with E-state index in [0.29, 0.717) is 37.8 Å². The van der Waals surface area contributed by atoms with Gasteiger partial charge < -0.3 is 10.0 Å². The number of nitrogens with zero attached hydrogens (tertiary/aromatic N) is 1. The molecule has 0 aliphatic carbocycles. The van der Waals surface area contributed by atoms with Crippen molar-refractivity contribution in [1.29, 1.82) is 0 Å². The average molecular weight is 420 g/mol. The zero-order valence-corrected chi connectivity index (χ0v) is 17.3. The molecule has 1 saturated heterocycles. The van der Waals surface area contributed by atoms with Gasteiger partial charge in [-0.3, -0.25) is 24.5 Å². The summed E-state index contributed by atoms with van der Waals surface area (Å²) in [6.45, 7) is 2.13. The van der Waals surface area contributed by atoms with Crippen molar-refractivity contribution in [2.24, 2.45) is 0 Å². The summed E-state index contributed by atoms with van der Waals surface area (Å²) in [6.07, 6.45) is 1.82. The minimum absolute atomic E-state index is 0.104. The Balaban J connectivity index is 1.38. The van der Waals surface area contributed by atoms with E-state index in [4.69, 9.17) is 0 Å². The molecule has 2 heterocycles. The second kappa shape index (κ2) is 8.34. The molecule has 4 rings (SSSR count). The Bertz CT molecular complexity index is 1090. The second-order valence-corrected chi connectivity index (χ2v) is 8.23. The lowest BCUT2D eigenvalue weighted by molar-refractivity contribution is -0.137. The minimum atomic E-state index is -0.628. The lowest BCUT2D eigenvalue weighted by Crippen LogP contribution is -2.52. The first kappa shape index (κ1) is 20.8. The monoisotopic (exact) mass is 420 g/mol. The number of carbonyl (C=O) groups is 4. The molecule has 2 aliphatic rings. The third-order valence-electron chi connectivity index (χ3n) is 5.94. The Labute approximate surface area is 180 Å². The van der Waals surface area contributed by atoms with E-state index in [1.807, 2.05) is 18.2 Å². The van der Waals surface area contributed by atoms with Gasteiger partial charge in [0.2, 0.25) is 11.8 Å². The number of phenolic OH excluding ortho intramolecular Hbond substituents is 1. The van der Waals surface area contributed by atoms with Crippen molar-refractivity contribution in [3.8, 4) is 5.75 Å². The molecule has 1 fully saturated rings. The molecular weight excluding hydrogens is 396 g/mol. The average Bonchev–Trinajstić information content (AvgIpc) is 3.05. The molecule has 2 aromatic carbocycles. The van der Waals surface area contributed by atoms with Crippen molar-refractivity contribution in [1.82, 2.24) is 10.2 Å². The standard InChI is InChI=1S/C24H24N2O5/c1-14-10-16(4-8-21(14)28)12-18(27)5-2-15-3-6-19-17(11-15)13-26(24(19)31)20-7-9-22(29)25-23(20)30/h3-4,6,8,10-11,20,28H,2,5,7,9,12-13H2,1H3,(H,25,29,30). The van der Waals surface area contributed by atoms with E-state index in [1.54, 1.807) is 25.1 Å². The first-order valence-corrected chi connectivity index (χ1v) is 10.4. The highest BCUT2D eigenvalue weighted by atomic mass is 16.3. The summed E-state index contributed by atoms with van der Waals surface area (Å²) in [6, 6.07) is 10.1. The van der Waals surface area contributed by atoms with Gasteiger partial charge in [0.15, 0.2) is 0 Å². The molecule has 160 valence electrons. The molecule has 31 heavy (non-hydrogen) atoms. The van der Waals surface area contributed by atoms with Crippen molar-refractivity contribution in [2.75, 3.05) is 0 Å². The van der Waals surface area contributed by atoms with Crippen LogP contribution in [0.4, 0.5) is 0 Å². The minimum Gasteiger partial charge on any atom is -0.508 e. The normalized spacial score (nSPS) is 18.2. The quantitative estimate of drug-likeness (QED) is 0.698. The molecule has 1 atom stereocenters. The third kappa shape index (κ3) is 4.35. The summed E-state index contributed by atoms with van der Waals surface area (Å²) >= 11 is 0. The van der Waals surface area contributed by atoms with E-state index >= 15 is 0 Å². The predicted molar refractivity (Wildman–Crippen MR) is 112 cm³/mol. The molecule has 2 N–H and O–H groups in total. The number of amides is 3. The molecule has 0 radical (unpaired) electrons. The van der Waals surface area contributed by atoms with Crippen LogP contribution in [-0.4, -0.2) is 39.6 Å². The predicted octanol–water partition coefficient (Wildman–Crippen LogP) is 2.21. The number of hydrogen-bond donors (Lipinski definition) is 2. The number of aromatic hydroxyl groups is 1. The number of carbonyl (C=O) groups excluding carboxylic acids is 4. The maximum Gasteiger partial charge on any atom is 0.255 e. The second-order valence-electron chi connectivity index (χ2n) is 8.23. The molecular formula is C24H24N2O5. The number of aryl methyl sites for hydroxylation is 2. The van der Waals surface area contributed by atoms with Gasteiger partial charge in [-0.15, -0.1) is 0 Å². The van der Waals surface area contributed by atoms with Crippen molar-refractivity contribution >= 4 is 23.5 Å². The summed E-state index contributed by atoms with van der Waals surface area (Å²) in [5, 5.41) is 11.9. The van der Waals surface area contributed by atoms with Gasteiger partial charge in [-0.2, -0.15) is 0 Å². The molecule has 0 spiro atoms. The molecule has 2 aliphatic heterocycles. The number of imide groups is 1. The number of piperidine rings is 1. The van der Waals surface area contributed by atoms with Crippen LogP contribution in [-0.2, 0) is 33.8 Å². The maximum atomic E-state index is 12.7. The van der Waals surface area contributed by atoms with Crippen molar-refractivity contribution in [2.45, 2.75) is 51.6 Å². The zero-order valence-electron chi connectivity index (χ0n) is 17.3. The number of phenols is 1. The highest BCUT2D eigenvalue weighted by Gasteiger charge is 2.39. The van der Waals surface area contributed by atoms with Gasteiger partial charge in [0, 0.05) is 31.4 Å². The summed E-state index contributed by atoms with van der Waals surface area (Å²) in [7, 11) is 0. The Morgan fingerprint density at radius 3 is 2.65 bits per heavy atom. The number of nitrogens with one attached hydrogen (secondary N) is 1. The number of hydrogen-bond acceptors (Lipinski definition) is 5. The largest absolute Gasteiger partial charge is 0.508 e. The van der Waals surface area contributed by atoms with Gasteiger partial charge >= 0.3 is 0 Å². The molecule has 2 aromatic rings. The van der Waals surface area contributed by atoms with Crippen molar-refractivity contribution in [3.05, 3.63) is 64.2 Å². The van der Waals surface area contributed by atoms with E-state index < -0.39 is 11.9 Å². The topological polar surface area (TPSA) is 104 Å². The Morgan fingerprint density at radius 1 is 1.13 bits per heavy atom. The zero-order chi connectivity index (χ0) is 22.1. The highest BCUT2D eigenvalue weighted by Crippen LogP contribution is 2.28. The summed E-state index contributed by atoms with van der Waals surface area (Å²) in [4.78, 5) is 50.2. The van der Waals surface area contributed by atoms with E-state index in [0.717, 1.165) is 22.3 Å². The van der Waals surface area contributed by atoms with Crippen LogP contribution in [0.1, 0.15) is 51.9 Å². The molecule has 0 saturated carbocycles. The SMILES string of the molecule is Cc1cc(CC(=O)CCc2ccc3c(c2)CN(C2CCC(=O)NC2=O)C3=O)ccc1O. The lowest BCUT2D eigenvalue weighted by Gasteiger charge is -2.29. The van der Waals surface area contributed by atoms with E-state index in [2.05, 4.69) is 5.32 Å². The maximum absolute atomic E-state index is 12.7. The lowest BCUT2D eigenvalue weighted by atomic mass is 9.99. The molecule has 7 heteroatoms. The number of rotatable bonds is 6. The van der Waals surface area contributed by atoms with Crippen LogP contribution >= 0.6 is 0 Å². The van der Waals surface area contributed by atoms with E-state index in [9.17, 15) is 24.3 Å². The fourth-order valence-corrected chi connectivity index (χ4v) is 4.21. The summed E-state index contributed by atoms with van der Waals surface area (Å²) < 4.78 is 0. The Hall–Kier alpha value is -3.48. The van der Waals surface area contributed by atoms with Crippen LogP contribution < -0.4 is 5.32 Å². The highest BCUT2D eigenvalue weighted by molar-refractivity contribution is 6.05. The van der Waals surface area contributed by atoms with Gasteiger partial charge in [0.25, 0.3) is 5.91 Å². The summed E-state index contributed by atoms with van der Waals surface area (Å²) in [5.41, 5.74) is 3.99. The fourth-order valence-electron chi connectivity index (χ4n) is 4.21. The van der Waals surface area contributed by atoms with Crippen LogP contribution in [0.25, 0.3) is 0 Å². The molecule has 1 unspecified atom stereocenters. The number of benzene rings is 2. The van der Waals surface area contributed by atoms with Crippen LogP contribution in [0, 0.1) is 6.92 Å². The van der Waals surface area contributed by atoms with Gasteiger partial charge in [0.1, 0.15) is 17.6 Å². The van der Waals surface area contributed by atoms with Gasteiger partial charge in [-0.1, -0.05) is 24.3 Å². The van der Waals surface area contributed by atoms with E-state index in [-0.39, 0.29) is 29.8 Å². The smallest absolute Gasteiger partial charge is 0.255 e. The number of fused-ring (bicyclic) bond motifs is 1. The van der Waals surface area contributed by atoms with Gasteiger partial charge in [-0.05, 0) is 54.2 Å². The Kier molecular flexibility index (Phi) is 5.59. The molecule has 0 bridgehead atoms. The van der Waals surface area contributed by atoms with Crippen molar-refractivity contribution < 1.29 is 24.3 Å². The molecule has 7 nitrogen and oxygen atoms in total. The first-order valence-electron chi connectivity index (χ1n) is 10.4. The van der Waals surface area contributed by atoms with Crippen LogP contribution in [0.15, 0.2) is 36.4 Å². The van der Waals surface area contributed by atoms with Crippen molar-refractivity contribution in [3.63, 3.8) is 0 Å². The third-order valence-corrected chi connectivity index (χ3v) is 5.94. The summed E-state index contributed by atoms with van der Waals surface area (Å²) in [5.74, 6) is -0.607.